The summed E-state index contributed by atoms with van der Waals surface area (Å²) in [5.41, 5.74) is 1.40. The van der Waals surface area contributed by atoms with Gasteiger partial charge in [-0.3, -0.25) is 9.20 Å². The predicted molar refractivity (Wildman–Crippen MR) is 90.6 cm³/mol. The number of hydrogen-bond acceptors (Lipinski definition) is 4. The van der Waals surface area contributed by atoms with Crippen molar-refractivity contribution in [2.45, 2.75) is 31.3 Å². The SMILES string of the molecule is O=C(Nc1ccc(-c2cn3ccsc3n2)cc1)C1(O)CCCC1. The lowest BCUT2D eigenvalue weighted by Gasteiger charge is -2.20. The average Bonchev–Trinajstić information content (AvgIpc) is 3.24. The first-order chi connectivity index (χ1) is 11.1. The van der Waals surface area contributed by atoms with E-state index in [0.29, 0.717) is 18.5 Å². The zero-order valence-electron chi connectivity index (χ0n) is 12.5. The van der Waals surface area contributed by atoms with Gasteiger partial charge in [-0.1, -0.05) is 12.1 Å². The predicted octanol–water partition coefficient (Wildman–Crippen LogP) is 3.31. The molecule has 118 valence electrons. The van der Waals surface area contributed by atoms with E-state index in [2.05, 4.69) is 10.3 Å². The number of hydrogen-bond donors (Lipinski definition) is 2. The van der Waals surface area contributed by atoms with E-state index in [4.69, 9.17) is 0 Å². The van der Waals surface area contributed by atoms with Crippen molar-refractivity contribution in [2.24, 2.45) is 0 Å². The van der Waals surface area contributed by atoms with Crippen LogP contribution in [0.25, 0.3) is 16.2 Å². The molecule has 0 unspecified atom stereocenters. The summed E-state index contributed by atoms with van der Waals surface area (Å²) >= 11 is 1.60. The molecule has 0 spiro atoms. The fourth-order valence-electron chi connectivity index (χ4n) is 3.03. The third kappa shape index (κ3) is 2.64. The number of aliphatic hydroxyl groups is 1. The summed E-state index contributed by atoms with van der Waals surface area (Å²) in [7, 11) is 0. The molecule has 2 N–H and O–H groups in total. The molecular formula is C17H17N3O2S. The number of thiazole rings is 1. The summed E-state index contributed by atoms with van der Waals surface area (Å²) in [5, 5.41) is 15.1. The maximum absolute atomic E-state index is 12.2. The van der Waals surface area contributed by atoms with Gasteiger partial charge in [0.05, 0.1) is 5.69 Å². The van der Waals surface area contributed by atoms with E-state index in [1.807, 2.05) is 46.4 Å². The molecule has 0 bridgehead atoms. The molecule has 2 aromatic heterocycles. The molecule has 1 aliphatic carbocycles. The summed E-state index contributed by atoms with van der Waals surface area (Å²) in [4.78, 5) is 17.7. The van der Waals surface area contributed by atoms with E-state index >= 15 is 0 Å². The minimum absolute atomic E-state index is 0.301. The van der Waals surface area contributed by atoms with Gasteiger partial charge in [-0.25, -0.2) is 4.98 Å². The second-order valence-electron chi connectivity index (χ2n) is 5.99. The highest BCUT2D eigenvalue weighted by Gasteiger charge is 2.38. The van der Waals surface area contributed by atoms with Crippen LogP contribution < -0.4 is 5.32 Å². The summed E-state index contributed by atoms with van der Waals surface area (Å²) in [6, 6.07) is 7.56. The molecule has 1 aliphatic rings. The molecular weight excluding hydrogens is 310 g/mol. The monoisotopic (exact) mass is 327 g/mol. The fourth-order valence-corrected chi connectivity index (χ4v) is 3.73. The molecule has 5 nitrogen and oxygen atoms in total. The van der Waals surface area contributed by atoms with Gasteiger partial charge in [-0.05, 0) is 37.8 Å². The number of nitrogens with one attached hydrogen (secondary N) is 1. The topological polar surface area (TPSA) is 66.6 Å². The second-order valence-corrected chi connectivity index (χ2v) is 6.86. The highest BCUT2D eigenvalue weighted by atomic mass is 32.1. The quantitative estimate of drug-likeness (QED) is 0.775. The Morgan fingerprint density at radius 2 is 2.00 bits per heavy atom. The number of carbonyl (C=O) groups excluding carboxylic acids is 1. The largest absolute Gasteiger partial charge is 0.380 e. The van der Waals surface area contributed by atoms with Crippen molar-refractivity contribution in [2.75, 3.05) is 5.32 Å². The van der Waals surface area contributed by atoms with Gasteiger partial charge in [0.2, 0.25) is 0 Å². The number of rotatable bonds is 3. The van der Waals surface area contributed by atoms with Crippen molar-refractivity contribution in [3.63, 3.8) is 0 Å². The molecule has 4 rings (SSSR count). The maximum atomic E-state index is 12.2. The Hall–Kier alpha value is -2.18. The Bertz CT molecular complexity index is 816. The highest BCUT2D eigenvalue weighted by molar-refractivity contribution is 7.15. The van der Waals surface area contributed by atoms with Crippen molar-refractivity contribution in [3.8, 4) is 11.3 Å². The smallest absolute Gasteiger partial charge is 0.256 e. The molecule has 2 heterocycles. The van der Waals surface area contributed by atoms with E-state index in [1.165, 1.54) is 0 Å². The average molecular weight is 327 g/mol. The summed E-state index contributed by atoms with van der Waals surface area (Å²) in [6.45, 7) is 0. The molecule has 1 fully saturated rings. The third-order valence-corrected chi connectivity index (χ3v) is 5.16. The first-order valence-electron chi connectivity index (χ1n) is 7.71. The molecule has 1 amide bonds. The van der Waals surface area contributed by atoms with Crippen molar-refractivity contribution < 1.29 is 9.90 Å². The number of imidazole rings is 1. The van der Waals surface area contributed by atoms with Gasteiger partial charge in [0.25, 0.3) is 5.91 Å². The van der Waals surface area contributed by atoms with E-state index in [9.17, 15) is 9.90 Å². The van der Waals surface area contributed by atoms with E-state index in [1.54, 1.807) is 11.3 Å². The molecule has 23 heavy (non-hydrogen) atoms. The molecule has 0 saturated heterocycles. The zero-order chi connectivity index (χ0) is 15.9. The van der Waals surface area contributed by atoms with Gasteiger partial charge in [0, 0.05) is 29.0 Å². The number of anilines is 1. The minimum atomic E-state index is -1.20. The highest BCUT2D eigenvalue weighted by Crippen LogP contribution is 2.31. The zero-order valence-corrected chi connectivity index (χ0v) is 13.3. The van der Waals surface area contributed by atoms with Crippen molar-refractivity contribution in [3.05, 3.63) is 42.0 Å². The number of fused-ring (bicyclic) bond motifs is 1. The van der Waals surface area contributed by atoms with Crippen LogP contribution in [-0.2, 0) is 4.79 Å². The molecule has 0 atom stereocenters. The van der Waals surface area contributed by atoms with E-state index in [-0.39, 0.29) is 5.91 Å². The van der Waals surface area contributed by atoms with Gasteiger partial charge in [-0.2, -0.15) is 0 Å². The Morgan fingerprint density at radius 1 is 1.26 bits per heavy atom. The Morgan fingerprint density at radius 3 is 2.70 bits per heavy atom. The van der Waals surface area contributed by atoms with Crippen LogP contribution in [0.2, 0.25) is 0 Å². The van der Waals surface area contributed by atoms with Crippen LogP contribution in [-0.4, -0.2) is 26.0 Å². The Labute approximate surface area is 137 Å². The number of aromatic nitrogens is 2. The first-order valence-corrected chi connectivity index (χ1v) is 8.58. The van der Waals surface area contributed by atoms with Crippen LogP contribution in [0.4, 0.5) is 5.69 Å². The lowest BCUT2D eigenvalue weighted by Crippen LogP contribution is -2.40. The second kappa shape index (κ2) is 5.47. The molecule has 6 heteroatoms. The molecule has 3 aromatic rings. The number of amides is 1. The van der Waals surface area contributed by atoms with Crippen molar-refractivity contribution in [1.29, 1.82) is 0 Å². The normalized spacial score (nSPS) is 16.7. The van der Waals surface area contributed by atoms with Crippen LogP contribution >= 0.6 is 11.3 Å². The van der Waals surface area contributed by atoms with Crippen LogP contribution in [0, 0.1) is 0 Å². The summed E-state index contributed by atoms with van der Waals surface area (Å²) < 4.78 is 1.99. The van der Waals surface area contributed by atoms with Crippen LogP contribution in [0.5, 0.6) is 0 Å². The molecule has 0 aliphatic heterocycles. The standard InChI is InChI=1S/C17H17N3O2S/c21-15(17(22)7-1-2-8-17)18-13-5-3-12(4-6-13)14-11-20-9-10-23-16(20)19-14/h3-6,9-11,22H,1-2,7-8H2,(H,18,21). The third-order valence-electron chi connectivity index (χ3n) is 4.39. The first kappa shape index (κ1) is 14.4. The van der Waals surface area contributed by atoms with Gasteiger partial charge in [-0.15, -0.1) is 11.3 Å². The lowest BCUT2D eigenvalue weighted by atomic mass is 10.0. The Balaban J connectivity index is 1.51. The summed E-state index contributed by atoms with van der Waals surface area (Å²) in [5.74, 6) is -0.301. The molecule has 0 radical (unpaired) electrons. The number of carbonyl (C=O) groups is 1. The van der Waals surface area contributed by atoms with Gasteiger partial charge in [0.1, 0.15) is 5.60 Å². The van der Waals surface area contributed by atoms with Gasteiger partial charge >= 0.3 is 0 Å². The van der Waals surface area contributed by atoms with Crippen LogP contribution in [0.1, 0.15) is 25.7 Å². The van der Waals surface area contributed by atoms with E-state index < -0.39 is 5.60 Å². The van der Waals surface area contributed by atoms with Gasteiger partial charge < -0.3 is 10.4 Å². The van der Waals surface area contributed by atoms with Crippen LogP contribution in [0.15, 0.2) is 42.0 Å². The number of benzene rings is 1. The lowest BCUT2D eigenvalue weighted by molar-refractivity contribution is -0.133. The van der Waals surface area contributed by atoms with E-state index in [0.717, 1.165) is 29.1 Å². The number of nitrogens with zero attached hydrogens (tertiary/aromatic N) is 2. The van der Waals surface area contributed by atoms with Crippen LogP contribution in [0.3, 0.4) is 0 Å². The fraction of sp³-hybridized carbons (Fsp3) is 0.294. The molecule has 1 saturated carbocycles. The van der Waals surface area contributed by atoms with Crippen molar-refractivity contribution >= 4 is 27.9 Å². The Kier molecular flexibility index (Phi) is 3.43. The molecule has 1 aromatic carbocycles. The summed E-state index contributed by atoms with van der Waals surface area (Å²) in [6.07, 6.45) is 6.86. The maximum Gasteiger partial charge on any atom is 0.256 e. The van der Waals surface area contributed by atoms with Crippen molar-refractivity contribution in [1.82, 2.24) is 9.38 Å². The minimum Gasteiger partial charge on any atom is -0.380 e. The van der Waals surface area contributed by atoms with Gasteiger partial charge in [0.15, 0.2) is 4.96 Å².